The lowest BCUT2D eigenvalue weighted by Gasteiger charge is -2.12. The van der Waals surface area contributed by atoms with E-state index in [1.165, 1.54) is 0 Å². The first kappa shape index (κ1) is 18.7. The lowest BCUT2D eigenvalue weighted by atomic mass is 10.0. The Hall–Kier alpha value is -2.68. The van der Waals surface area contributed by atoms with E-state index in [4.69, 9.17) is 9.73 Å². The van der Waals surface area contributed by atoms with Gasteiger partial charge in [-0.2, -0.15) is 0 Å². The van der Waals surface area contributed by atoms with Gasteiger partial charge in [-0.1, -0.05) is 60.7 Å². The van der Waals surface area contributed by atoms with E-state index >= 15 is 0 Å². The Morgan fingerprint density at radius 1 is 1.08 bits per heavy atom. The predicted molar refractivity (Wildman–Crippen MR) is 103 cm³/mol. The Kier molecular flexibility index (Phi) is 7.15. The molecule has 0 heterocycles. The first-order chi connectivity index (χ1) is 12.1. The molecular formula is C22H25NO2. The molecule has 0 saturated heterocycles. The van der Waals surface area contributed by atoms with Crippen LogP contribution in [0, 0.1) is 0 Å². The van der Waals surface area contributed by atoms with Crippen LogP contribution in [-0.4, -0.2) is 18.3 Å². The highest BCUT2D eigenvalue weighted by Crippen LogP contribution is 2.19. The van der Waals surface area contributed by atoms with Crippen molar-refractivity contribution >= 4 is 11.7 Å². The lowest BCUT2D eigenvalue weighted by molar-refractivity contribution is -0.137. The van der Waals surface area contributed by atoms with Crippen molar-refractivity contribution in [2.45, 2.75) is 33.2 Å². The van der Waals surface area contributed by atoms with E-state index in [9.17, 15) is 4.79 Å². The molecule has 2 aromatic rings. The van der Waals surface area contributed by atoms with Gasteiger partial charge in [0.2, 0.25) is 0 Å². The maximum Gasteiger partial charge on any atom is 0.331 e. The molecule has 0 saturated carbocycles. The number of carbonyl (C=O) groups is 1. The van der Waals surface area contributed by atoms with Crippen molar-refractivity contribution in [1.29, 1.82) is 0 Å². The molecule has 0 radical (unpaired) electrons. The van der Waals surface area contributed by atoms with E-state index in [0.717, 1.165) is 22.4 Å². The molecule has 1 atom stereocenters. The topological polar surface area (TPSA) is 38.7 Å². The number of nitrogens with zero attached hydrogens (tertiary/aromatic N) is 1. The van der Waals surface area contributed by atoms with Gasteiger partial charge in [0, 0.05) is 11.8 Å². The standard InChI is InChI=1S/C22H25NO2/c1-4-25-22(24)16-21(15-19-11-7-5-8-12-19)18(3)23-17(2)20-13-9-6-10-14-20/h5-14,16-17H,4,15H2,1-3H3/b21-16+,23-18?. The van der Waals surface area contributed by atoms with Gasteiger partial charge in [-0.05, 0) is 43.9 Å². The molecule has 1 unspecified atom stereocenters. The van der Waals surface area contributed by atoms with Crippen molar-refractivity contribution in [2.24, 2.45) is 4.99 Å². The number of carbonyl (C=O) groups excluding carboxylic acids is 1. The number of ether oxygens (including phenoxy) is 1. The van der Waals surface area contributed by atoms with Gasteiger partial charge in [-0.25, -0.2) is 4.79 Å². The molecule has 25 heavy (non-hydrogen) atoms. The second-order valence-corrected chi connectivity index (χ2v) is 5.89. The van der Waals surface area contributed by atoms with Gasteiger partial charge in [-0.15, -0.1) is 0 Å². The van der Waals surface area contributed by atoms with E-state index in [2.05, 4.69) is 19.1 Å². The second-order valence-electron chi connectivity index (χ2n) is 5.89. The summed E-state index contributed by atoms with van der Waals surface area (Å²) < 4.78 is 5.08. The molecule has 2 aromatic carbocycles. The van der Waals surface area contributed by atoms with Crippen LogP contribution >= 0.6 is 0 Å². The Labute approximate surface area is 150 Å². The molecule has 0 N–H and O–H groups in total. The number of rotatable bonds is 7. The SMILES string of the molecule is CCOC(=O)/C=C(\Cc1ccccc1)C(C)=NC(C)c1ccccc1. The summed E-state index contributed by atoms with van der Waals surface area (Å²) >= 11 is 0. The summed E-state index contributed by atoms with van der Waals surface area (Å²) in [5, 5.41) is 0. The fourth-order valence-corrected chi connectivity index (χ4v) is 2.60. The molecule has 0 spiro atoms. The number of hydrogen-bond acceptors (Lipinski definition) is 3. The van der Waals surface area contributed by atoms with Crippen molar-refractivity contribution in [2.75, 3.05) is 6.61 Å². The molecule has 0 fully saturated rings. The largest absolute Gasteiger partial charge is 0.463 e. The van der Waals surface area contributed by atoms with Crippen molar-refractivity contribution < 1.29 is 9.53 Å². The molecule has 0 aliphatic heterocycles. The summed E-state index contributed by atoms with van der Waals surface area (Å²) in [6.45, 7) is 6.18. The maximum absolute atomic E-state index is 12.0. The molecule has 0 aliphatic carbocycles. The van der Waals surface area contributed by atoms with Gasteiger partial charge in [0.05, 0.1) is 12.6 Å². The lowest BCUT2D eigenvalue weighted by Crippen LogP contribution is -2.09. The summed E-state index contributed by atoms with van der Waals surface area (Å²) in [5.74, 6) is -0.324. The van der Waals surface area contributed by atoms with Crippen LogP contribution in [0.4, 0.5) is 0 Å². The molecule has 3 nitrogen and oxygen atoms in total. The first-order valence-corrected chi connectivity index (χ1v) is 8.61. The third kappa shape index (κ3) is 6.03. The first-order valence-electron chi connectivity index (χ1n) is 8.61. The van der Waals surface area contributed by atoms with Gasteiger partial charge in [-0.3, -0.25) is 4.99 Å². The Morgan fingerprint density at radius 3 is 2.28 bits per heavy atom. The van der Waals surface area contributed by atoms with Crippen LogP contribution in [0.15, 0.2) is 77.3 Å². The van der Waals surface area contributed by atoms with Gasteiger partial charge in [0.25, 0.3) is 0 Å². The number of hydrogen-bond donors (Lipinski definition) is 0. The van der Waals surface area contributed by atoms with Crippen LogP contribution in [0.25, 0.3) is 0 Å². The monoisotopic (exact) mass is 335 g/mol. The molecular weight excluding hydrogens is 310 g/mol. The van der Waals surface area contributed by atoms with E-state index in [-0.39, 0.29) is 12.0 Å². The number of aliphatic imine (C=N–C) groups is 1. The third-order valence-electron chi connectivity index (χ3n) is 3.95. The molecule has 130 valence electrons. The van der Waals surface area contributed by atoms with Crippen LogP contribution in [0.3, 0.4) is 0 Å². The highest BCUT2D eigenvalue weighted by atomic mass is 16.5. The Bertz CT molecular complexity index is 733. The third-order valence-corrected chi connectivity index (χ3v) is 3.95. The fourth-order valence-electron chi connectivity index (χ4n) is 2.60. The highest BCUT2D eigenvalue weighted by molar-refractivity contribution is 6.03. The molecule has 0 amide bonds. The predicted octanol–water partition coefficient (Wildman–Crippen LogP) is 4.94. The minimum atomic E-state index is -0.324. The maximum atomic E-state index is 12.0. The van der Waals surface area contributed by atoms with Crippen LogP contribution < -0.4 is 0 Å². The van der Waals surface area contributed by atoms with Crippen molar-refractivity contribution in [3.63, 3.8) is 0 Å². The zero-order chi connectivity index (χ0) is 18.1. The second kappa shape index (κ2) is 9.58. The van der Waals surface area contributed by atoms with E-state index in [1.54, 1.807) is 13.0 Å². The fraction of sp³-hybridized carbons (Fsp3) is 0.273. The van der Waals surface area contributed by atoms with E-state index < -0.39 is 0 Å². The van der Waals surface area contributed by atoms with E-state index in [1.807, 2.05) is 55.5 Å². The smallest absolute Gasteiger partial charge is 0.331 e. The van der Waals surface area contributed by atoms with Crippen molar-refractivity contribution in [1.82, 2.24) is 0 Å². The Balaban J connectivity index is 2.26. The van der Waals surface area contributed by atoms with Gasteiger partial charge in [0.15, 0.2) is 0 Å². The number of allylic oxidation sites excluding steroid dienone is 1. The minimum Gasteiger partial charge on any atom is -0.463 e. The minimum absolute atomic E-state index is 0.0302. The zero-order valence-electron chi connectivity index (χ0n) is 15.1. The summed E-state index contributed by atoms with van der Waals surface area (Å²) in [4.78, 5) is 16.7. The van der Waals surface area contributed by atoms with Gasteiger partial charge in [0.1, 0.15) is 0 Å². The molecule has 3 heteroatoms. The molecule has 2 rings (SSSR count). The molecule has 0 aromatic heterocycles. The number of esters is 1. The van der Waals surface area contributed by atoms with Crippen LogP contribution in [0.5, 0.6) is 0 Å². The number of benzene rings is 2. The summed E-state index contributed by atoms with van der Waals surface area (Å²) in [7, 11) is 0. The van der Waals surface area contributed by atoms with E-state index in [0.29, 0.717) is 13.0 Å². The van der Waals surface area contributed by atoms with Crippen LogP contribution in [0.2, 0.25) is 0 Å². The van der Waals surface area contributed by atoms with Crippen molar-refractivity contribution in [3.8, 4) is 0 Å². The van der Waals surface area contributed by atoms with Gasteiger partial charge >= 0.3 is 5.97 Å². The zero-order valence-corrected chi connectivity index (χ0v) is 15.1. The summed E-state index contributed by atoms with van der Waals surface area (Å²) in [5.41, 5.74) is 4.03. The van der Waals surface area contributed by atoms with Gasteiger partial charge < -0.3 is 4.74 Å². The Morgan fingerprint density at radius 2 is 1.68 bits per heavy atom. The average molecular weight is 335 g/mol. The summed E-state index contributed by atoms with van der Waals surface area (Å²) in [6.07, 6.45) is 2.21. The average Bonchev–Trinajstić information content (AvgIpc) is 2.63. The quantitative estimate of drug-likeness (QED) is 0.408. The van der Waals surface area contributed by atoms with Crippen LogP contribution in [-0.2, 0) is 16.0 Å². The molecule has 0 bridgehead atoms. The van der Waals surface area contributed by atoms with Crippen molar-refractivity contribution in [3.05, 3.63) is 83.4 Å². The molecule has 0 aliphatic rings. The highest BCUT2D eigenvalue weighted by Gasteiger charge is 2.10. The summed E-state index contributed by atoms with van der Waals surface area (Å²) in [6, 6.07) is 20.2. The normalized spacial score (nSPS) is 13.4. The van der Waals surface area contributed by atoms with Crippen LogP contribution in [0.1, 0.15) is 37.9 Å².